The summed E-state index contributed by atoms with van der Waals surface area (Å²) in [7, 11) is 0.790. The standard InChI is InChI=1S/C9H4Cl2F3NO2S/c10-3-5-6(4-15)7(9(12,13)14)1-2-8(5)18(11,16)17/h1-2H,3H2. The predicted molar refractivity (Wildman–Crippen MR) is 58.8 cm³/mol. The van der Waals surface area contributed by atoms with Crippen molar-refractivity contribution >= 4 is 31.3 Å². The third-order valence-corrected chi connectivity index (χ3v) is 3.76. The lowest BCUT2D eigenvalue weighted by Gasteiger charge is -2.13. The van der Waals surface area contributed by atoms with E-state index in [0.29, 0.717) is 12.1 Å². The summed E-state index contributed by atoms with van der Waals surface area (Å²) in [5, 5.41) is 8.74. The summed E-state index contributed by atoms with van der Waals surface area (Å²) in [6, 6.07) is 2.48. The van der Waals surface area contributed by atoms with Gasteiger partial charge in [-0.1, -0.05) is 0 Å². The van der Waals surface area contributed by atoms with Crippen LogP contribution in [-0.4, -0.2) is 8.42 Å². The summed E-state index contributed by atoms with van der Waals surface area (Å²) >= 11 is 5.40. The first kappa shape index (κ1) is 15.1. The average Bonchev–Trinajstić information content (AvgIpc) is 2.24. The molecule has 0 bridgehead atoms. The quantitative estimate of drug-likeness (QED) is 0.621. The first-order valence-electron chi connectivity index (χ1n) is 4.26. The van der Waals surface area contributed by atoms with Crippen molar-refractivity contribution in [3.05, 3.63) is 28.8 Å². The Morgan fingerprint density at radius 2 is 1.89 bits per heavy atom. The molecule has 0 N–H and O–H groups in total. The van der Waals surface area contributed by atoms with Crippen molar-refractivity contribution in [1.29, 1.82) is 5.26 Å². The minimum Gasteiger partial charge on any atom is -0.207 e. The number of hydrogen-bond donors (Lipinski definition) is 0. The summed E-state index contributed by atoms with van der Waals surface area (Å²) in [6.07, 6.45) is -4.78. The van der Waals surface area contributed by atoms with Crippen LogP contribution < -0.4 is 0 Å². The second kappa shape index (κ2) is 4.96. The van der Waals surface area contributed by atoms with Gasteiger partial charge in [-0.2, -0.15) is 18.4 Å². The zero-order valence-electron chi connectivity index (χ0n) is 8.42. The van der Waals surface area contributed by atoms with Crippen molar-refractivity contribution < 1.29 is 21.6 Å². The molecule has 0 heterocycles. The summed E-state index contributed by atoms with van der Waals surface area (Å²) < 4.78 is 60.1. The molecule has 98 valence electrons. The van der Waals surface area contributed by atoms with Gasteiger partial charge in [0.1, 0.15) is 6.07 Å². The number of nitriles is 1. The highest BCUT2D eigenvalue weighted by Gasteiger charge is 2.36. The minimum absolute atomic E-state index is 0.455. The van der Waals surface area contributed by atoms with Crippen LogP contribution >= 0.6 is 22.3 Å². The molecular weight excluding hydrogens is 314 g/mol. The highest BCUT2D eigenvalue weighted by Crippen LogP contribution is 2.36. The summed E-state index contributed by atoms with van der Waals surface area (Å²) in [5.74, 6) is -0.575. The highest BCUT2D eigenvalue weighted by molar-refractivity contribution is 8.13. The molecule has 0 aliphatic heterocycles. The first-order valence-corrected chi connectivity index (χ1v) is 7.11. The largest absolute Gasteiger partial charge is 0.417 e. The van der Waals surface area contributed by atoms with Gasteiger partial charge in [-0.25, -0.2) is 8.42 Å². The minimum atomic E-state index is -4.78. The fourth-order valence-electron chi connectivity index (χ4n) is 1.35. The molecule has 3 nitrogen and oxygen atoms in total. The van der Waals surface area contributed by atoms with E-state index in [2.05, 4.69) is 0 Å². The smallest absolute Gasteiger partial charge is 0.207 e. The fourth-order valence-corrected chi connectivity index (χ4v) is 2.84. The molecule has 0 atom stereocenters. The molecule has 1 aromatic rings. The van der Waals surface area contributed by atoms with Crippen LogP contribution in [0.3, 0.4) is 0 Å². The van der Waals surface area contributed by atoms with Crippen molar-refractivity contribution in [3.8, 4) is 6.07 Å². The van der Waals surface area contributed by atoms with Crippen LogP contribution in [0.5, 0.6) is 0 Å². The summed E-state index contributed by atoms with van der Waals surface area (Å²) in [6.45, 7) is 0. The highest BCUT2D eigenvalue weighted by atomic mass is 35.7. The molecule has 0 amide bonds. The number of halogens is 5. The van der Waals surface area contributed by atoms with E-state index in [1.165, 1.54) is 6.07 Å². The van der Waals surface area contributed by atoms with Crippen LogP contribution in [0.25, 0.3) is 0 Å². The SMILES string of the molecule is N#Cc1c(C(F)(F)F)ccc(S(=O)(=O)Cl)c1CCl. The van der Waals surface area contributed by atoms with Gasteiger partial charge in [0.25, 0.3) is 9.05 Å². The van der Waals surface area contributed by atoms with Gasteiger partial charge in [0, 0.05) is 16.2 Å². The Morgan fingerprint density at radius 3 is 2.22 bits per heavy atom. The number of rotatable bonds is 2. The summed E-state index contributed by atoms with van der Waals surface area (Å²) in [5.41, 5.74) is -2.53. The number of hydrogen-bond acceptors (Lipinski definition) is 3. The lowest BCUT2D eigenvalue weighted by atomic mass is 10.0. The molecule has 0 saturated heterocycles. The molecular formula is C9H4Cl2F3NO2S. The van der Waals surface area contributed by atoms with Crippen molar-refractivity contribution in [2.24, 2.45) is 0 Å². The van der Waals surface area contributed by atoms with Gasteiger partial charge in [-0.05, 0) is 12.1 Å². The topological polar surface area (TPSA) is 57.9 Å². The second-order valence-corrected chi connectivity index (χ2v) is 5.95. The van der Waals surface area contributed by atoms with Crippen molar-refractivity contribution in [2.75, 3.05) is 0 Å². The van der Waals surface area contributed by atoms with Gasteiger partial charge in [0.2, 0.25) is 0 Å². The van der Waals surface area contributed by atoms with E-state index in [9.17, 15) is 21.6 Å². The van der Waals surface area contributed by atoms with E-state index in [4.69, 9.17) is 27.5 Å². The van der Waals surface area contributed by atoms with Crippen LogP contribution in [-0.2, 0) is 21.1 Å². The number of alkyl halides is 4. The molecule has 18 heavy (non-hydrogen) atoms. The van der Waals surface area contributed by atoms with E-state index >= 15 is 0 Å². The molecule has 9 heteroatoms. The molecule has 0 aliphatic carbocycles. The Morgan fingerprint density at radius 1 is 1.33 bits per heavy atom. The van der Waals surface area contributed by atoms with Crippen molar-refractivity contribution in [2.45, 2.75) is 17.0 Å². The van der Waals surface area contributed by atoms with Crippen LogP contribution in [0.1, 0.15) is 16.7 Å². The first-order chi connectivity index (χ1) is 8.12. The third kappa shape index (κ3) is 2.88. The monoisotopic (exact) mass is 317 g/mol. The van der Waals surface area contributed by atoms with Gasteiger partial charge in [-0.15, -0.1) is 11.6 Å². The maximum absolute atomic E-state index is 12.6. The van der Waals surface area contributed by atoms with Crippen molar-refractivity contribution in [1.82, 2.24) is 0 Å². The Bertz CT molecular complexity index is 620. The van der Waals surface area contributed by atoms with E-state index in [1.54, 1.807) is 0 Å². The molecule has 1 rings (SSSR count). The maximum atomic E-state index is 12.6. The zero-order valence-corrected chi connectivity index (χ0v) is 10.8. The third-order valence-electron chi connectivity index (χ3n) is 2.08. The van der Waals surface area contributed by atoms with Crippen LogP contribution in [0.2, 0.25) is 0 Å². The molecule has 0 saturated carbocycles. The Hall–Kier alpha value is -0.970. The molecule has 0 aliphatic rings. The molecule has 0 spiro atoms. The molecule has 0 unspecified atom stereocenters. The Kier molecular flexibility index (Phi) is 4.15. The molecule has 0 fully saturated rings. The van der Waals surface area contributed by atoms with Gasteiger partial charge >= 0.3 is 6.18 Å². The number of benzene rings is 1. The lowest BCUT2D eigenvalue weighted by molar-refractivity contribution is -0.137. The molecule has 0 aromatic heterocycles. The van der Waals surface area contributed by atoms with E-state index < -0.39 is 42.7 Å². The summed E-state index contributed by atoms with van der Waals surface area (Å²) in [4.78, 5) is -0.594. The predicted octanol–water partition coefficient (Wildman–Crippen LogP) is 3.24. The average molecular weight is 318 g/mol. The van der Waals surface area contributed by atoms with Gasteiger partial charge in [0.15, 0.2) is 0 Å². The fraction of sp³-hybridized carbons (Fsp3) is 0.222. The Balaban J connectivity index is 3.75. The second-order valence-electron chi connectivity index (χ2n) is 3.15. The van der Waals surface area contributed by atoms with Gasteiger partial charge in [0.05, 0.1) is 21.9 Å². The van der Waals surface area contributed by atoms with Crippen molar-refractivity contribution in [3.63, 3.8) is 0 Å². The van der Waals surface area contributed by atoms with Gasteiger partial charge in [-0.3, -0.25) is 0 Å². The Labute approximate surface area is 110 Å². The van der Waals surface area contributed by atoms with Gasteiger partial charge < -0.3 is 0 Å². The lowest BCUT2D eigenvalue weighted by Crippen LogP contribution is -2.11. The van der Waals surface area contributed by atoms with E-state index in [0.717, 1.165) is 0 Å². The normalized spacial score (nSPS) is 12.2. The molecule has 1 aromatic carbocycles. The van der Waals surface area contributed by atoms with E-state index in [-0.39, 0.29) is 0 Å². The van der Waals surface area contributed by atoms with Crippen LogP contribution in [0.4, 0.5) is 13.2 Å². The maximum Gasteiger partial charge on any atom is 0.417 e. The van der Waals surface area contributed by atoms with Crippen LogP contribution in [0.15, 0.2) is 17.0 Å². The van der Waals surface area contributed by atoms with Crippen LogP contribution in [0, 0.1) is 11.3 Å². The van der Waals surface area contributed by atoms with E-state index in [1.807, 2.05) is 0 Å². The zero-order chi connectivity index (χ0) is 14.1. The number of nitrogens with zero attached hydrogens (tertiary/aromatic N) is 1. The molecule has 0 radical (unpaired) electrons.